The van der Waals surface area contributed by atoms with Crippen LogP contribution in [0.15, 0.2) is 48.5 Å². The number of benzene rings is 2. The number of nitrogens with zero attached hydrogens (tertiary/aromatic N) is 2. The maximum Gasteiger partial charge on any atom is 0.240 e. The molecular formula is C22H25N3O2. The van der Waals surface area contributed by atoms with Gasteiger partial charge >= 0.3 is 0 Å². The Kier molecular flexibility index (Phi) is 5.10. The van der Waals surface area contributed by atoms with Gasteiger partial charge < -0.3 is 14.6 Å². The summed E-state index contributed by atoms with van der Waals surface area (Å²) >= 11 is 0. The minimum atomic E-state index is 0.0437. The molecule has 5 nitrogen and oxygen atoms in total. The molecule has 0 saturated heterocycles. The van der Waals surface area contributed by atoms with Crippen molar-refractivity contribution < 1.29 is 9.53 Å². The van der Waals surface area contributed by atoms with Gasteiger partial charge in [0.15, 0.2) is 0 Å². The van der Waals surface area contributed by atoms with E-state index in [9.17, 15) is 4.79 Å². The molecule has 0 spiro atoms. The fourth-order valence-corrected chi connectivity index (χ4v) is 3.76. The van der Waals surface area contributed by atoms with Crippen molar-refractivity contribution in [1.82, 2.24) is 14.9 Å². The predicted molar refractivity (Wildman–Crippen MR) is 106 cm³/mol. The molecule has 0 atom stereocenters. The van der Waals surface area contributed by atoms with Crippen LogP contribution in [-0.4, -0.2) is 21.5 Å². The molecule has 1 N–H and O–H groups in total. The second-order valence-corrected chi connectivity index (χ2v) is 7.21. The highest BCUT2D eigenvalue weighted by Crippen LogP contribution is 2.21. The molecule has 140 valence electrons. The van der Waals surface area contributed by atoms with E-state index in [2.05, 4.69) is 5.32 Å². The van der Waals surface area contributed by atoms with Crippen LogP contribution < -0.4 is 10.1 Å². The zero-order chi connectivity index (χ0) is 18.6. The van der Waals surface area contributed by atoms with Gasteiger partial charge in [0.05, 0.1) is 11.0 Å². The first-order valence-corrected chi connectivity index (χ1v) is 9.62. The molecule has 1 fully saturated rings. The van der Waals surface area contributed by atoms with Crippen LogP contribution in [0.2, 0.25) is 0 Å². The molecule has 1 saturated carbocycles. The molecule has 1 aliphatic rings. The Bertz CT molecular complexity index is 942. The first-order chi connectivity index (χ1) is 13.2. The van der Waals surface area contributed by atoms with Crippen molar-refractivity contribution in [3.05, 3.63) is 59.9 Å². The number of carbonyl (C=O) groups excluding carboxylic acids is 1. The lowest BCUT2D eigenvalue weighted by Crippen LogP contribution is -2.35. The van der Waals surface area contributed by atoms with E-state index >= 15 is 0 Å². The molecule has 0 radical (unpaired) electrons. The number of aromatic nitrogens is 2. The standard InChI is InChI=1S/C22H25N3O2/c1-16-8-2-7-13-20(16)27-15-21-24-18-11-5-6-12-19(18)25(21)14-22(26)23-17-9-3-4-10-17/h2,5-8,11-13,17H,3-4,9-10,14-15H2,1H3,(H,23,26). The first-order valence-electron chi connectivity index (χ1n) is 9.62. The van der Waals surface area contributed by atoms with Crippen molar-refractivity contribution in [2.24, 2.45) is 0 Å². The van der Waals surface area contributed by atoms with Crippen molar-refractivity contribution in [3.8, 4) is 5.75 Å². The molecule has 1 aliphatic carbocycles. The number of ether oxygens (including phenoxy) is 1. The Balaban J connectivity index is 1.55. The number of carbonyl (C=O) groups is 1. The van der Waals surface area contributed by atoms with E-state index in [1.54, 1.807) is 0 Å². The summed E-state index contributed by atoms with van der Waals surface area (Å²) in [4.78, 5) is 17.3. The van der Waals surface area contributed by atoms with Crippen molar-refractivity contribution >= 4 is 16.9 Å². The molecule has 0 aliphatic heterocycles. The number of rotatable bonds is 6. The SMILES string of the molecule is Cc1ccccc1OCc1nc2ccccc2n1CC(=O)NC1CCCC1. The van der Waals surface area contributed by atoms with Crippen molar-refractivity contribution in [1.29, 1.82) is 0 Å². The predicted octanol–water partition coefficient (Wildman–Crippen LogP) is 3.98. The van der Waals surface area contributed by atoms with Crippen LogP contribution in [0.1, 0.15) is 37.1 Å². The summed E-state index contributed by atoms with van der Waals surface area (Å²) in [6, 6.07) is 16.2. The molecule has 27 heavy (non-hydrogen) atoms. The lowest BCUT2D eigenvalue weighted by Gasteiger charge is -2.14. The van der Waals surface area contributed by atoms with Gasteiger partial charge in [-0.15, -0.1) is 0 Å². The largest absolute Gasteiger partial charge is 0.485 e. The van der Waals surface area contributed by atoms with Crippen molar-refractivity contribution in [2.45, 2.75) is 51.8 Å². The normalized spacial score (nSPS) is 14.6. The maximum atomic E-state index is 12.6. The summed E-state index contributed by atoms with van der Waals surface area (Å²) in [7, 11) is 0. The Morgan fingerprint density at radius 3 is 2.70 bits per heavy atom. The molecule has 3 aromatic rings. The van der Waals surface area contributed by atoms with Gasteiger partial charge in [0.1, 0.15) is 24.7 Å². The van der Waals surface area contributed by atoms with Gasteiger partial charge in [-0.1, -0.05) is 43.2 Å². The number of para-hydroxylation sites is 3. The monoisotopic (exact) mass is 363 g/mol. The van der Waals surface area contributed by atoms with E-state index in [-0.39, 0.29) is 12.5 Å². The van der Waals surface area contributed by atoms with Crippen LogP contribution in [-0.2, 0) is 17.9 Å². The van der Waals surface area contributed by atoms with Gasteiger partial charge in [0, 0.05) is 6.04 Å². The molecule has 5 heteroatoms. The summed E-state index contributed by atoms with van der Waals surface area (Å²) in [6.45, 7) is 2.62. The number of amides is 1. The summed E-state index contributed by atoms with van der Waals surface area (Å²) < 4.78 is 7.96. The summed E-state index contributed by atoms with van der Waals surface area (Å²) in [5.74, 6) is 1.65. The number of fused-ring (bicyclic) bond motifs is 1. The molecule has 1 heterocycles. The van der Waals surface area contributed by atoms with Gasteiger partial charge in [-0.3, -0.25) is 4.79 Å². The fraction of sp³-hybridized carbons (Fsp3) is 0.364. The van der Waals surface area contributed by atoms with Crippen LogP contribution in [0.4, 0.5) is 0 Å². The number of nitrogens with one attached hydrogen (secondary N) is 1. The highest BCUT2D eigenvalue weighted by atomic mass is 16.5. The Labute approximate surface area is 159 Å². The van der Waals surface area contributed by atoms with E-state index in [4.69, 9.17) is 9.72 Å². The van der Waals surface area contributed by atoms with E-state index in [1.807, 2.05) is 60.0 Å². The maximum absolute atomic E-state index is 12.6. The second kappa shape index (κ2) is 7.82. The third-order valence-electron chi connectivity index (χ3n) is 5.21. The van der Waals surface area contributed by atoms with Crippen molar-refractivity contribution in [3.63, 3.8) is 0 Å². The molecule has 2 aromatic carbocycles. The van der Waals surface area contributed by atoms with Gasteiger partial charge in [-0.25, -0.2) is 4.98 Å². The quantitative estimate of drug-likeness (QED) is 0.721. The minimum Gasteiger partial charge on any atom is -0.485 e. The summed E-state index contributed by atoms with van der Waals surface area (Å²) in [5.41, 5.74) is 2.93. The number of aryl methyl sites for hydroxylation is 1. The van der Waals surface area contributed by atoms with E-state index < -0.39 is 0 Å². The van der Waals surface area contributed by atoms with Crippen LogP contribution in [0.5, 0.6) is 5.75 Å². The summed E-state index contributed by atoms with van der Waals surface area (Å²) in [6.07, 6.45) is 4.57. The molecule has 1 aromatic heterocycles. The lowest BCUT2D eigenvalue weighted by atomic mass is 10.2. The van der Waals surface area contributed by atoms with Crippen LogP contribution in [0, 0.1) is 6.92 Å². The third kappa shape index (κ3) is 3.97. The van der Waals surface area contributed by atoms with Crippen LogP contribution in [0.25, 0.3) is 11.0 Å². The van der Waals surface area contributed by atoms with Gasteiger partial charge in [0.25, 0.3) is 0 Å². The zero-order valence-corrected chi connectivity index (χ0v) is 15.6. The first kappa shape index (κ1) is 17.6. The van der Waals surface area contributed by atoms with Gasteiger partial charge in [-0.05, 0) is 43.5 Å². The third-order valence-corrected chi connectivity index (χ3v) is 5.21. The highest BCUT2D eigenvalue weighted by molar-refractivity contribution is 5.81. The lowest BCUT2D eigenvalue weighted by molar-refractivity contribution is -0.122. The average Bonchev–Trinajstić information content (AvgIpc) is 3.29. The topological polar surface area (TPSA) is 56.2 Å². The van der Waals surface area contributed by atoms with Crippen molar-refractivity contribution in [2.75, 3.05) is 0 Å². The Morgan fingerprint density at radius 1 is 1.15 bits per heavy atom. The fourth-order valence-electron chi connectivity index (χ4n) is 3.76. The van der Waals surface area contributed by atoms with Crippen LogP contribution >= 0.6 is 0 Å². The van der Waals surface area contributed by atoms with Gasteiger partial charge in [0.2, 0.25) is 5.91 Å². The Hall–Kier alpha value is -2.82. The van der Waals surface area contributed by atoms with Crippen LogP contribution in [0.3, 0.4) is 0 Å². The molecule has 4 rings (SSSR count). The number of imidazole rings is 1. The smallest absolute Gasteiger partial charge is 0.240 e. The van der Waals surface area contributed by atoms with E-state index in [0.29, 0.717) is 12.6 Å². The Morgan fingerprint density at radius 2 is 1.89 bits per heavy atom. The zero-order valence-electron chi connectivity index (χ0n) is 15.6. The second-order valence-electron chi connectivity index (χ2n) is 7.21. The molecule has 1 amide bonds. The van der Waals surface area contributed by atoms with E-state index in [1.165, 1.54) is 12.8 Å². The highest BCUT2D eigenvalue weighted by Gasteiger charge is 2.19. The van der Waals surface area contributed by atoms with Gasteiger partial charge in [-0.2, -0.15) is 0 Å². The number of hydrogen-bond acceptors (Lipinski definition) is 3. The molecule has 0 unspecified atom stereocenters. The number of hydrogen-bond donors (Lipinski definition) is 1. The molecular weight excluding hydrogens is 338 g/mol. The minimum absolute atomic E-state index is 0.0437. The van der Waals surface area contributed by atoms with E-state index in [0.717, 1.165) is 41.0 Å². The molecule has 0 bridgehead atoms. The average molecular weight is 363 g/mol. The summed E-state index contributed by atoms with van der Waals surface area (Å²) in [5, 5.41) is 3.16.